The number of aromatic nitrogens is 2. The van der Waals surface area contributed by atoms with Gasteiger partial charge in [0, 0.05) is 23.1 Å². The second-order valence-electron chi connectivity index (χ2n) is 8.99. The number of para-hydroxylation sites is 2. The molecule has 0 amide bonds. The summed E-state index contributed by atoms with van der Waals surface area (Å²) in [5.74, 6) is 1.20. The first kappa shape index (κ1) is 18.5. The van der Waals surface area contributed by atoms with E-state index in [-0.39, 0.29) is 0 Å². The molecule has 0 atom stereocenters. The fraction of sp³-hybridized carbons (Fsp3) is 0.100. The van der Waals surface area contributed by atoms with Crippen LogP contribution in [-0.4, -0.2) is 4.57 Å². The van der Waals surface area contributed by atoms with Crippen molar-refractivity contribution in [2.45, 2.75) is 13.8 Å². The van der Waals surface area contributed by atoms with E-state index in [1.807, 2.05) is 12.1 Å². The molecule has 3 heteroatoms. The van der Waals surface area contributed by atoms with Crippen molar-refractivity contribution >= 4 is 54.5 Å². The molecule has 0 unspecified atom stereocenters. The lowest BCUT2D eigenvalue weighted by Crippen LogP contribution is -2.31. The third-order valence-corrected chi connectivity index (χ3v) is 7.19. The lowest BCUT2D eigenvalue weighted by molar-refractivity contribution is -0.651. The van der Waals surface area contributed by atoms with E-state index in [1.54, 1.807) is 0 Å². The van der Waals surface area contributed by atoms with Gasteiger partial charge in [0.1, 0.15) is 16.9 Å². The molecule has 5 aromatic carbocycles. The van der Waals surface area contributed by atoms with Crippen LogP contribution in [0, 0.1) is 13.8 Å². The third-order valence-electron chi connectivity index (χ3n) is 7.19. The van der Waals surface area contributed by atoms with E-state index in [4.69, 9.17) is 4.42 Å². The van der Waals surface area contributed by atoms with Crippen molar-refractivity contribution in [1.82, 2.24) is 4.57 Å². The topological polar surface area (TPSA) is 21.9 Å². The Morgan fingerprint density at radius 2 is 1.45 bits per heavy atom. The maximum absolute atomic E-state index is 6.25. The summed E-state index contributed by atoms with van der Waals surface area (Å²) in [7, 11) is 2.17. The molecule has 7 aromatic rings. The molecule has 0 spiro atoms. The zero-order valence-electron chi connectivity index (χ0n) is 18.9. The van der Waals surface area contributed by atoms with Crippen LogP contribution in [-0.2, 0) is 7.05 Å². The minimum absolute atomic E-state index is 0.935. The highest BCUT2D eigenvalue weighted by Crippen LogP contribution is 2.37. The predicted molar refractivity (Wildman–Crippen MR) is 136 cm³/mol. The van der Waals surface area contributed by atoms with Gasteiger partial charge in [0.25, 0.3) is 5.82 Å². The molecule has 0 aliphatic heterocycles. The largest absolute Gasteiger partial charge is 0.456 e. The number of furan rings is 1. The Balaban J connectivity index is 1.67. The van der Waals surface area contributed by atoms with Gasteiger partial charge >= 0.3 is 0 Å². The molecule has 2 aromatic heterocycles. The average molecular weight is 428 g/mol. The number of nitrogens with zero attached hydrogens (tertiary/aromatic N) is 2. The normalized spacial score (nSPS) is 12.1. The minimum atomic E-state index is 0.935. The summed E-state index contributed by atoms with van der Waals surface area (Å²) >= 11 is 0. The number of hydrogen-bond donors (Lipinski definition) is 0. The summed E-state index contributed by atoms with van der Waals surface area (Å²) < 4.78 is 11.0. The van der Waals surface area contributed by atoms with E-state index in [2.05, 4.69) is 103 Å². The maximum Gasteiger partial charge on any atom is 0.259 e. The molecular weight excluding hydrogens is 404 g/mol. The number of rotatable bonds is 1. The lowest BCUT2D eigenvalue weighted by Gasteiger charge is -2.06. The van der Waals surface area contributed by atoms with Crippen molar-refractivity contribution in [2.24, 2.45) is 7.05 Å². The Kier molecular flexibility index (Phi) is 3.61. The summed E-state index contributed by atoms with van der Waals surface area (Å²) in [6.07, 6.45) is 0. The average Bonchev–Trinajstić information content (AvgIpc) is 3.32. The van der Waals surface area contributed by atoms with Crippen LogP contribution in [0.3, 0.4) is 0 Å². The van der Waals surface area contributed by atoms with Crippen LogP contribution in [0.2, 0.25) is 0 Å². The van der Waals surface area contributed by atoms with Crippen LogP contribution >= 0.6 is 0 Å². The quantitative estimate of drug-likeness (QED) is 0.199. The van der Waals surface area contributed by atoms with Gasteiger partial charge in [-0.2, -0.15) is 4.57 Å². The standard InChI is InChI=1S/C30H23N2O/c1-18-8-4-6-10-25(18)32-19(2)31(3)30-26(32)15-14-20-12-13-21-16-24-22-9-5-7-11-27(22)33-28(24)17-23(21)29(20)30/h4-17H,1-3H3/q+1. The van der Waals surface area contributed by atoms with Crippen molar-refractivity contribution in [3.63, 3.8) is 0 Å². The van der Waals surface area contributed by atoms with Crippen LogP contribution in [0.4, 0.5) is 0 Å². The summed E-state index contributed by atoms with van der Waals surface area (Å²) in [5.41, 5.74) is 6.82. The second-order valence-corrected chi connectivity index (χ2v) is 8.99. The molecule has 2 heterocycles. The SMILES string of the molecule is Cc1ccccc1-n1c(C)[n+](C)c2c3c(ccc4cc5c(cc43)oc3ccccc35)ccc21. The van der Waals surface area contributed by atoms with Gasteiger partial charge in [-0.1, -0.05) is 48.5 Å². The summed E-state index contributed by atoms with van der Waals surface area (Å²) in [6.45, 7) is 4.37. The summed E-state index contributed by atoms with van der Waals surface area (Å²) in [4.78, 5) is 0. The molecular formula is C30H23N2O+. The van der Waals surface area contributed by atoms with Gasteiger partial charge in [0.05, 0.1) is 7.05 Å². The Morgan fingerprint density at radius 3 is 2.33 bits per heavy atom. The maximum atomic E-state index is 6.25. The molecule has 0 aliphatic rings. The molecule has 0 saturated heterocycles. The van der Waals surface area contributed by atoms with Crippen LogP contribution in [0.25, 0.3) is 60.2 Å². The van der Waals surface area contributed by atoms with E-state index < -0.39 is 0 Å². The molecule has 158 valence electrons. The number of aryl methyl sites for hydroxylation is 2. The minimum Gasteiger partial charge on any atom is -0.456 e. The van der Waals surface area contributed by atoms with E-state index in [1.165, 1.54) is 60.4 Å². The van der Waals surface area contributed by atoms with Crippen LogP contribution < -0.4 is 4.57 Å². The first-order valence-electron chi connectivity index (χ1n) is 11.4. The smallest absolute Gasteiger partial charge is 0.259 e. The molecule has 33 heavy (non-hydrogen) atoms. The number of benzene rings is 5. The summed E-state index contributed by atoms with van der Waals surface area (Å²) in [6, 6.07) is 30.3. The second kappa shape index (κ2) is 6.46. The van der Waals surface area contributed by atoms with Gasteiger partial charge in [-0.05, 0) is 65.0 Å². The zero-order chi connectivity index (χ0) is 22.3. The molecule has 0 bridgehead atoms. The van der Waals surface area contributed by atoms with Gasteiger partial charge in [-0.25, -0.2) is 4.57 Å². The Labute approximate surface area is 191 Å². The fourth-order valence-corrected chi connectivity index (χ4v) is 5.46. The molecule has 0 fully saturated rings. The lowest BCUT2D eigenvalue weighted by atomic mass is 9.98. The van der Waals surface area contributed by atoms with E-state index in [0.717, 1.165) is 11.2 Å². The van der Waals surface area contributed by atoms with Crippen molar-refractivity contribution < 1.29 is 8.98 Å². The van der Waals surface area contributed by atoms with Gasteiger partial charge < -0.3 is 4.42 Å². The highest BCUT2D eigenvalue weighted by Gasteiger charge is 2.25. The van der Waals surface area contributed by atoms with Crippen LogP contribution in [0.5, 0.6) is 0 Å². The number of imidazole rings is 1. The fourth-order valence-electron chi connectivity index (χ4n) is 5.46. The van der Waals surface area contributed by atoms with Crippen molar-refractivity contribution in [2.75, 3.05) is 0 Å². The Bertz CT molecular complexity index is 1900. The first-order valence-corrected chi connectivity index (χ1v) is 11.4. The van der Waals surface area contributed by atoms with E-state index >= 15 is 0 Å². The van der Waals surface area contributed by atoms with Gasteiger partial charge in [0.15, 0.2) is 11.0 Å². The first-order chi connectivity index (χ1) is 16.1. The van der Waals surface area contributed by atoms with Crippen LogP contribution in [0.1, 0.15) is 11.4 Å². The molecule has 0 radical (unpaired) electrons. The Morgan fingerprint density at radius 1 is 0.697 bits per heavy atom. The van der Waals surface area contributed by atoms with Gasteiger partial charge in [-0.3, -0.25) is 0 Å². The highest BCUT2D eigenvalue weighted by molar-refractivity contribution is 6.21. The molecule has 0 saturated carbocycles. The third kappa shape index (κ3) is 2.42. The predicted octanol–water partition coefficient (Wildman–Crippen LogP) is 7.28. The van der Waals surface area contributed by atoms with E-state index in [0.29, 0.717) is 0 Å². The zero-order valence-corrected chi connectivity index (χ0v) is 18.9. The number of fused-ring (bicyclic) bond motifs is 8. The van der Waals surface area contributed by atoms with Crippen molar-refractivity contribution in [1.29, 1.82) is 0 Å². The highest BCUT2D eigenvalue weighted by atomic mass is 16.3. The van der Waals surface area contributed by atoms with Crippen molar-refractivity contribution in [3.05, 3.63) is 96.3 Å². The van der Waals surface area contributed by atoms with Gasteiger partial charge in [0.2, 0.25) is 0 Å². The van der Waals surface area contributed by atoms with Gasteiger partial charge in [-0.15, -0.1) is 0 Å². The Hall–Kier alpha value is -4.11. The monoisotopic (exact) mass is 427 g/mol. The molecule has 0 aliphatic carbocycles. The number of hydrogen-bond acceptors (Lipinski definition) is 1. The summed E-state index contributed by atoms with van der Waals surface area (Å²) in [5, 5.41) is 7.30. The molecule has 0 N–H and O–H groups in total. The molecule has 3 nitrogen and oxygen atoms in total. The molecule has 7 rings (SSSR count). The van der Waals surface area contributed by atoms with E-state index in [9.17, 15) is 0 Å². The van der Waals surface area contributed by atoms with Crippen LogP contribution in [0.15, 0.2) is 89.3 Å². The van der Waals surface area contributed by atoms with Crippen molar-refractivity contribution in [3.8, 4) is 5.69 Å².